The second-order valence-corrected chi connectivity index (χ2v) is 8.81. The molecule has 214 valence electrons. The maximum absolute atomic E-state index is 13.0. The lowest BCUT2D eigenvalue weighted by molar-refractivity contribution is -0.142. The van der Waals surface area contributed by atoms with Crippen molar-refractivity contribution in [2.24, 2.45) is 27.9 Å². The molecule has 0 aliphatic carbocycles. The number of guanidine groups is 1. The quantitative estimate of drug-likeness (QED) is 0.0492. The summed E-state index contributed by atoms with van der Waals surface area (Å²) in [6.45, 7) is 1.82. The van der Waals surface area contributed by atoms with Gasteiger partial charge in [-0.15, -0.1) is 0 Å². The first-order valence-corrected chi connectivity index (χ1v) is 12.3. The summed E-state index contributed by atoms with van der Waals surface area (Å²) < 4.78 is 0. The number of carbonyl (C=O) groups is 4. The van der Waals surface area contributed by atoms with Gasteiger partial charge in [0, 0.05) is 24.9 Å². The highest BCUT2D eigenvalue weighted by Crippen LogP contribution is 2.06. The molecule has 16 nitrogen and oxygen atoms in total. The van der Waals surface area contributed by atoms with E-state index in [1.807, 2.05) is 0 Å². The van der Waals surface area contributed by atoms with E-state index >= 15 is 0 Å². The Bertz CT molecular complexity index is 920. The van der Waals surface area contributed by atoms with Gasteiger partial charge in [0.25, 0.3) is 0 Å². The second kappa shape index (κ2) is 16.9. The molecule has 1 aromatic heterocycles. The third-order valence-corrected chi connectivity index (χ3v) is 5.53. The summed E-state index contributed by atoms with van der Waals surface area (Å²) in [6, 6.07) is -4.89. The largest absolute Gasteiger partial charge is 0.480 e. The fourth-order valence-electron chi connectivity index (χ4n) is 3.45. The maximum atomic E-state index is 13.0. The molecule has 1 heterocycles. The number of carbonyl (C=O) groups excluding carboxylic acids is 3. The van der Waals surface area contributed by atoms with Crippen LogP contribution in [-0.4, -0.2) is 93.2 Å². The Labute approximate surface area is 220 Å². The van der Waals surface area contributed by atoms with E-state index in [2.05, 4.69) is 30.9 Å². The van der Waals surface area contributed by atoms with E-state index in [1.165, 1.54) is 19.4 Å². The number of carboxylic acid groups (broad SMARTS) is 1. The summed E-state index contributed by atoms with van der Waals surface area (Å²) >= 11 is 0. The highest BCUT2D eigenvalue weighted by Gasteiger charge is 2.32. The Morgan fingerprint density at radius 1 is 1.03 bits per heavy atom. The Morgan fingerprint density at radius 2 is 1.68 bits per heavy atom. The minimum Gasteiger partial charge on any atom is -0.480 e. The van der Waals surface area contributed by atoms with Crippen LogP contribution in [0.25, 0.3) is 0 Å². The van der Waals surface area contributed by atoms with Gasteiger partial charge in [0.2, 0.25) is 17.7 Å². The summed E-state index contributed by atoms with van der Waals surface area (Å²) in [5, 5.41) is 27.0. The number of aliphatic imine (C=N–C) groups is 1. The van der Waals surface area contributed by atoms with Crippen molar-refractivity contribution in [3.8, 4) is 0 Å². The number of nitrogens with two attached hydrogens (primary N) is 4. The average Bonchev–Trinajstić information content (AvgIpc) is 3.35. The zero-order chi connectivity index (χ0) is 28.7. The molecule has 0 spiro atoms. The fraction of sp³-hybridized carbons (Fsp3) is 0.636. The number of nitrogens with one attached hydrogen (secondary N) is 4. The van der Waals surface area contributed by atoms with Gasteiger partial charge in [-0.2, -0.15) is 0 Å². The van der Waals surface area contributed by atoms with Crippen molar-refractivity contribution >= 4 is 29.7 Å². The predicted molar refractivity (Wildman–Crippen MR) is 138 cm³/mol. The zero-order valence-corrected chi connectivity index (χ0v) is 21.4. The molecule has 38 heavy (non-hydrogen) atoms. The Balaban J connectivity index is 2.94. The van der Waals surface area contributed by atoms with E-state index < -0.39 is 54.0 Å². The number of aromatic nitrogens is 2. The van der Waals surface area contributed by atoms with Crippen LogP contribution < -0.4 is 38.9 Å². The molecule has 0 bridgehead atoms. The van der Waals surface area contributed by atoms with E-state index in [0.29, 0.717) is 25.1 Å². The number of hydrogen-bond acceptors (Lipinski definition) is 9. The zero-order valence-electron chi connectivity index (χ0n) is 21.4. The van der Waals surface area contributed by atoms with E-state index in [4.69, 9.17) is 22.9 Å². The number of hydrogen-bond donors (Lipinski definition) is 10. The van der Waals surface area contributed by atoms with Crippen LogP contribution in [0.4, 0.5) is 0 Å². The summed E-state index contributed by atoms with van der Waals surface area (Å²) in [4.78, 5) is 60.7. The van der Waals surface area contributed by atoms with E-state index in [0.717, 1.165) is 0 Å². The molecule has 16 heteroatoms. The number of amides is 3. The standard InChI is InChI=1S/C22H40N10O6/c1-12(33)17(32-18(34)14(24)9-13-10-27-11-29-13)20(36)30-15(6-4-8-28-22(25)26)19(35)31-16(21(37)38)5-2-3-7-23/h10-12,14-17,33H,2-9,23-24H2,1H3,(H,27,29)(H,30,36)(H,31,35)(H,32,34)(H,37,38)(H4,25,26,28). The number of imidazole rings is 1. The number of nitrogens with zero attached hydrogens (tertiary/aromatic N) is 2. The number of aromatic amines is 1. The number of unbranched alkanes of at least 4 members (excludes halogenated alkanes) is 1. The Kier molecular flexibility index (Phi) is 14.3. The van der Waals surface area contributed by atoms with E-state index in [9.17, 15) is 29.4 Å². The van der Waals surface area contributed by atoms with Gasteiger partial charge < -0.3 is 54.1 Å². The molecule has 0 fully saturated rings. The smallest absolute Gasteiger partial charge is 0.326 e. The number of H-pyrrole nitrogens is 1. The lowest BCUT2D eigenvalue weighted by Crippen LogP contribution is -2.60. The van der Waals surface area contributed by atoms with Gasteiger partial charge in [-0.05, 0) is 45.6 Å². The summed E-state index contributed by atoms with van der Waals surface area (Å²) in [6.07, 6.45) is 3.21. The molecular weight excluding hydrogens is 500 g/mol. The fourth-order valence-corrected chi connectivity index (χ4v) is 3.45. The van der Waals surface area contributed by atoms with Crippen molar-refractivity contribution in [2.45, 2.75) is 75.7 Å². The first kappa shape index (κ1) is 32.3. The van der Waals surface area contributed by atoms with Crippen molar-refractivity contribution in [3.05, 3.63) is 18.2 Å². The minimum atomic E-state index is -1.44. The molecule has 0 aliphatic heterocycles. The van der Waals surface area contributed by atoms with Gasteiger partial charge in [0.1, 0.15) is 18.1 Å². The molecule has 5 atom stereocenters. The van der Waals surface area contributed by atoms with Gasteiger partial charge in [-0.1, -0.05) is 0 Å². The highest BCUT2D eigenvalue weighted by atomic mass is 16.4. The van der Waals surface area contributed by atoms with E-state index in [1.54, 1.807) is 0 Å². The number of aliphatic carboxylic acids is 1. The first-order chi connectivity index (χ1) is 18.0. The van der Waals surface area contributed by atoms with E-state index in [-0.39, 0.29) is 38.2 Å². The van der Waals surface area contributed by atoms with Crippen LogP contribution >= 0.6 is 0 Å². The lowest BCUT2D eigenvalue weighted by Gasteiger charge is -2.26. The summed E-state index contributed by atoms with van der Waals surface area (Å²) in [5.41, 5.74) is 22.6. The molecule has 0 aliphatic rings. The van der Waals surface area contributed by atoms with Crippen molar-refractivity contribution in [1.29, 1.82) is 0 Å². The van der Waals surface area contributed by atoms with Crippen molar-refractivity contribution < 1.29 is 29.4 Å². The summed E-state index contributed by atoms with van der Waals surface area (Å²) in [5.74, 6) is -3.71. The number of aliphatic hydroxyl groups excluding tert-OH is 1. The first-order valence-electron chi connectivity index (χ1n) is 12.3. The molecule has 0 saturated carbocycles. The van der Waals surface area contributed by atoms with Crippen molar-refractivity contribution in [1.82, 2.24) is 25.9 Å². The predicted octanol–water partition coefficient (Wildman–Crippen LogP) is -3.62. The highest BCUT2D eigenvalue weighted by molar-refractivity contribution is 5.94. The molecular formula is C22H40N10O6. The molecule has 0 aromatic carbocycles. The van der Waals surface area contributed by atoms with Gasteiger partial charge >= 0.3 is 5.97 Å². The SMILES string of the molecule is CC(O)C(NC(=O)C(N)Cc1cnc[nH]1)C(=O)NC(CCCN=C(N)N)C(=O)NC(CCCCN)C(=O)O. The molecule has 5 unspecified atom stereocenters. The van der Waals surface area contributed by atoms with Gasteiger partial charge in [-0.25, -0.2) is 9.78 Å². The second-order valence-electron chi connectivity index (χ2n) is 8.81. The molecule has 3 amide bonds. The van der Waals surface area contributed by atoms with Crippen LogP contribution in [0.1, 0.15) is 44.7 Å². The monoisotopic (exact) mass is 540 g/mol. The van der Waals surface area contributed by atoms with Crippen molar-refractivity contribution in [2.75, 3.05) is 13.1 Å². The topological polar surface area (TPSA) is 290 Å². The summed E-state index contributed by atoms with van der Waals surface area (Å²) in [7, 11) is 0. The number of rotatable bonds is 18. The van der Waals surface area contributed by atoms with Gasteiger partial charge in [-0.3, -0.25) is 19.4 Å². The van der Waals surface area contributed by atoms with Crippen LogP contribution in [0, 0.1) is 0 Å². The maximum Gasteiger partial charge on any atom is 0.326 e. The Hall–Kier alpha value is -3.76. The molecule has 0 saturated heterocycles. The molecule has 1 rings (SSSR count). The third-order valence-electron chi connectivity index (χ3n) is 5.53. The van der Waals surface area contributed by atoms with Gasteiger partial charge in [0.15, 0.2) is 5.96 Å². The lowest BCUT2D eigenvalue weighted by atomic mass is 10.1. The van der Waals surface area contributed by atoms with Crippen LogP contribution in [0.5, 0.6) is 0 Å². The van der Waals surface area contributed by atoms with Gasteiger partial charge in [0.05, 0.1) is 18.5 Å². The Morgan fingerprint density at radius 3 is 2.24 bits per heavy atom. The van der Waals surface area contributed by atoms with Crippen LogP contribution in [0.3, 0.4) is 0 Å². The average molecular weight is 541 g/mol. The van der Waals surface area contributed by atoms with Crippen LogP contribution in [0.2, 0.25) is 0 Å². The molecule has 0 radical (unpaired) electrons. The normalized spacial score (nSPS) is 14.8. The molecule has 1 aromatic rings. The van der Waals surface area contributed by atoms with Crippen LogP contribution in [-0.2, 0) is 25.6 Å². The molecule has 14 N–H and O–H groups in total. The van der Waals surface area contributed by atoms with Crippen molar-refractivity contribution in [3.63, 3.8) is 0 Å². The minimum absolute atomic E-state index is 0.0449. The van der Waals surface area contributed by atoms with Crippen LogP contribution in [0.15, 0.2) is 17.5 Å². The third kappa shape index (κ3) is 12.0. The number of aliphatic hydroxyl groups is 1. The number of carboxylic acids is 1.